The molecule has 0 spiro atoms. The molecule has 3 aliphatic rings. The van der Waals surface area contributed by atoms with E-state index in [-0.39, 0.29) is 6.03 Å². The number of amides is 2. The van der Waals surface area contributed by atoms with Gasteiger partial charge in [0.25, 0.3) is 0 Å². The van der Waals surface area contributed by atoms with E-state index in [4.69, 9.17) is 0 Å². The van der Waals surface area contributed by atoms with E-state index in [0.29, 0.717) is 38.0 Å². The van der Waals surface area contributed by atoms with Gasteiger partial charge in [-0.2, -0.15) is 13.2 Å². The van der Waals surface area contributed by atoms with Crippen LogP contribution in [0.3, 0.4) is 0 Å². The van der Waals surface area contributed by atoms with Crippen LogP contribution in [0.2, 0.25) is 0 Å². The first-order valence-electron chi connectivity index (χ1n) is 8.20. The van der Waals surface area contributed by atoms with E-state index in [1.807, 2.05) is 0 Å². The van der Waals surface area contributed by atoms with Gasteiger partial charge in [0.2, 0.25) is 0 Å². The Kier molecular flexibility index (Phi) is 4.27. The molecule has 0 aromatic heterocycles. The first-order chi connectivity index (χ1) is 10.4. The van der Waals surface area contributed by atoms with Gasteiger partial charge in [0.05, 0.1) is 6.54 Å². The summed E-state index contributed by atoms with van der Waals surface area (Å²) in [5.41, 5.74) is 0.351. The van der Waals surface area contributed by atoms with Crippen molar-refractivity contribution in [3.8, 4) is 0 Å². The quantitative estimate of drug-likeness (QED) is 0.864. The van der Waals surface area contributed by atoms with Gasteiger partial charge in [0.15, 0.2) is 0 Å². The van der Waals surface area contributed by atoms with Gasteiger partial charge in [-0.15, -0.1) is 0 Å². The van der Waals surface area contributed by atoms with Crippen molar-refractivity contribution in [2.45, 2.75) is 38.3 Å². The van der Waals surface area contributed by atoms with Crippen molar-refractivity contribution in [3.63, 3.8) is 0 Å². The molecule has 1 aliphatic heterocycles. The summed E-state index contributed by atoms with van der Waals surface area (Å²) < 4.78 is 37.3. The van der Waals surface area contributed by atoms with Crippen molar-refractivity contribution in [1.82, 2.24) is 15.1 Å². The average Bonchev–Trinajstić information content (AvgIpc) is 3.27. The first kappa shape index (κ1) is 15.9. The summed E-state index contributed by atoms with van der Waals surface area (Å²) in [6.07, 6.45) is 1.41. The topological polar surface area (TPSA) is 35.6 Å². The van der Waals surface area contributed by atoms with E-state index in [1.54, 1.807) is 4.90 Å². The maximum atomic E-state index is 12.4. The van der Waals surface area contributed by atoms with Crippen LogP contribution >= 0.6 is 0 Å². The van der Waals surface area contributed by atoms with Gasteiger partial charge in [-0.25, -0.2) is 4.79 Å². The zero-order valence-electron chi connectivity index (χ0n) is 12.8. The molecule has 2 amide bonds. The number of hydrogen-bond acceptors (Lipinski definition) is 2. The van der Waals surface area contributed by atoms with E-state index in [1.165, 1.54) is 30.6 Å². The van der Waals surface area contributed by atoms with Gasteiger partial charge in [0, 0.05) is 32.7 Å². The van der Waals surface area contributed by atoms with Crippen LogP contribution in [0.1, 0.15) is 32.1 Å². The van der Waals surface area contributed by atoms with Crippen LogP contribution < -0.4 is 5.32 Å². The van der Waals surface area contributed by atoms with E-state index in [9.17, 15) is 18.0 Å². The molecule has 3 rings (SSSR count). The van der Waals surface area contributed by atoms with Crippen molar-refractivity contribution < 1.29 is 18.0 Å². The molecule has 22 heavy (non-hydrogen) atoms. The molecular formula is C15H24F3N3O. The first-order valence-corrected chi connectivity index (χ1v) is 8.20. The van der Waals surface area contributed by atoms with Crippen LogP contribution in [0.4, 0.5) is 18.0 Å². The molecule has 0 aromatic rings. The van der Waals surface area contributed by atoms with Crippen LogP contribution in [0.5, 0.6) is 0 Å². The van der Waals surface area contributed by atoms with Crippen LogP contribution in [0.15, 0.2) is 0 Å². The molecule has 0 radical (unpaired) electrons. The number of alkyl halides is 3. The second-order valence-electron chi connectivity index (χ2n) is 7.03. The zero-order chi connectivity index (χ0) is 15.8. The minimum absolute atomic E-state index is 0.110. The number of carbonyl (C=O) groups is 1. The third-order valence-electron chi connectivity index (χ3n) is 5.21. The molecule has 7 heteroatoms. The molecule has 0 bridgehead atoms. The summed E-state index contributed by atoms with van der Waals surface area (Å²) >= 11 is 0. The van der Waals surface area contributed by atoms with Gasteiger partial charge < -0.3 is 10.2 Å². The van der Waals surface area contributed by atoms with Crippen LogP contribution in [-0.4, -0.2) is 61.3 Å². The Labute approximate surface area is 129 Å². The van der Waals surface area contributed by atoms with Crippen LogP contribution in [0, 0.1) is 11.3 Å². The van der Waals surface area contributed by atoms with Crippen molar-refractivity contribution in [2.75, 3.05) is 39.3 Å². The third-order valence-corrected chi connectivity index (χ3v) is 5.21. The summed E-state index contributed by atoms with van der Waals surface area (Å²) in [4.78, 5) is 15.3. The average molecular weight is 319 g/mol. The maximum absolute atomic E-state index is 12.4. The zero-order valence-corrected chi connectivity index (χ0v) is 12.8. The van der Waals surface area contributed by atoms with Gasteiger partial charge in [-0.1, -0.05) is 0 Å². The Bertz CT molecular complexity index is 419. The fourth-order valence-corrected chi connectivity index (χ4v) is 3.53. The summed E-state index contributed by atoms with van der Waals surface area (Å²) in [6.45, 7) is 1.46. The highest BCUT2D eigenvalue weighted by Gasteiger charge is 2.53. The Morgan fingerprint density at radius 1 is 1.14 bits per heavy atom. The summed E-state index contributed by atoms with van der Waals surface area (Å²) in [5, 5.41) is 3.01. The highest BCUT2D eigenvalue weighted by molar-refractivity contribution is 5.74. The highest BCUT2D eigenvalue weighted by Crippen LogP contribution is 2.60. The number of carbonyl (C=O) groups excluding carboxylic acids is 1. The lowest BCUT2D eigenvalue weighted by Crippen LogP contribution is -2.44. The normalized spacial score (nSPS) is 25.7. The van der Waals surface area contributed by atoms with Crippen LogP contribution in [0.25, 0.3) is 0 Å². The molecule has 4 nitrogen and oxygen atoms in total. The number of hydrogen-bond donors (Lipinski definition) is 1. The standard InChI is InChI=1S/C15H24F3N3O/c16-15(17,18)11-20-6-1-7-21(9-8-20)13(22)19-10-14(4-5-14)12-2-3-12/h12H,1-11H2,(H,19,22). The molecule has 2 saturated carbocycles. The highest BCUT2D eigenvalue weighted by atomic mass is 19.4. The van der Waals surface area contributed by atoms with Gasteiger partial charge in [-0.3, -0.25) is 4.90 Å². The van der Waals surface area contributed by atoms with Crippen molar-refractivity contribution in [2.24, 2.45) is 11.3 Å². The van der Waals surface area contributed by atoms with Crippen molar-refractivity contribution in [3.05, 3.63) is 0 Å². The van der Waals surface area contributed by atoms with Gasteiger partial charge >= 0.3 is 12.2 Å². The van der Waals surface area contributed by atoms with E-state index in [2.05, 4.69) is 5.32 Å². The molecule has 2 aliphatic carbocycles. The number of nitrogens with zero attached hydrogens (tertiary/aromatic N) is 2. The number of urea groups is 1. The van der Waals surface area contributed by atoms with E-state index >= 15 is 0 Å². The molecule has 0 aromatic carbocycles. The lowest BCUT2D eigenvalue weighted by molar-refractivity contribution is -0.145. The Morgan fingerprint density at radius 2 is 1.86 bits per heavy atom. The summed E-state index contributed by atoms with van der Waals surface area (Å²) in [6, 6.07) is -0.110. The van der Waals surface area contributed by atoms with Gasteiger partial charge in [0.1, 0.15) is 0 Å². The van der Waals surface area contributed by atoms with E-state index < -0.39 is 12.7 Å². The lowest BCUT2D eigenvalue weighted by Gasteiger charge is -2.24. The van der Waals surface area contributed by atoms with Gasteiger partial charge in [-0.05, 0) is 43.4 Å². The fourth-order valence-electron chi connectivity index (χ4n) is 3.53. The molecule has 0 atom stereocenters. The SMILES string of the molecule is O=C(NCC1(C2CC2)CC1)N1CCCN(CC(F)(F)F)CC1. The molecule has 1 N–H and O–H groups in total. The Morgan fingerprint density at radius 3 is 2.45 bits per heavy atom. The van der Waals surface area contributed by atoms with Crippen molar-refractivity contribution in [1.29, 1.82) is 0 Å². The number of rotatable bonds is 4. The minimum atomic E-state index is -4.17. The predicted molar refractivity (Wildman–Crippen MR) is 76.5 cm³/mol. The minimum Gasteiger partial charge on any atom is -0.337 e. The maximum Gasteiger partial charge on any atom is 0.401 e. The van der Waals surface area contributed by atoms with Crippen molar-refractivity contribution >= 4 is 6.03 Å². The molecule has 1 saturated heterocycles. The monoisotopic (exact) mass is 319 g/mol. The Hall–Kier alpha value is -0.980. The molecule has 1 heterocycles. The second-order valence-corrected chi connectivity index (χ2v) is 7.03. The molecule has 0 unspecified atom stereocenters. The number of nitrogens with one attached hydrogen (secondary N) is 1. The second kappa shape index (κ2) is 5.91. The van der Waals surface area contributed by atoms with Crippen LogP contribution in [-0.2, 0) is 0 Å². The van der Waals surface area contributed by atoms with E-state index in [0.717, 1.165) is 12.5 Å². The smallest absolute Gasteiger partial charge is 0.337 e. The number of halogens is 3. The summed E-state index contributed by atoms with van der Waals surface area (Å²) in [5.74, 6) is 0.791. The predicted octanol–water partition coefficient (Wildman–Crippen LogP) is 2.46. The fraction of sp³-hybridized carbons (Fsp3) is 0.933. The molecule has 126 valence electrons. The largest absolute Gasteiger partial charge is 0.401 e. The molecule has 3 fully saturated rings. The summed E-state index contributed by atoms with van der Waals surface area (Å²) in [7, 11) is 0. The lowest BCUT2D eigenvalue weighted by atomic mass is 10.0. The Balaban J connectivity index is 1.43. The molecular weight excluding hydrogens is 295 g/mol. The third kappa shape index (κ3) is 4.06.